The third-order valence-electron chi connectivity index (χ3n) is 2.67. The zero-order chi connectivity index (χ0) is 9.73. The molecular weight excluding hydrogens is 160 g/mol. The molecule has 0 saturated heterocycles. The standard InChI is InChI=1S/C12H18O/c1-3-11(13)10-12(4-2)8-6-5-7-9-12/h4-8,11,13H,2-3,9-10H2,1H3. The average Bonchev–Trinajstić information content (AvgIpc) is 2.19. The summed E-state index contributed by atoms with van der Waals surface area (Å²) in [5, 5.41) is 9.60. The smallest absolute Gasteiger partial charge is 0.0549 e. The van der Waals surface area contributed by atoms with Gasteiger partial charge in [0.05, 0.1) is 6.10 Å². The predicted molar refractivity (Wildman–Crippen MR) is 56.4 cm³/mol. The van der Waals surface area contributed by atoms with Crippen molar-refractivity contribution in [1.82, 2.24) is 0 Å². The summed E-state index contributed by atoms with van der Waals surface area (Å²) in [6.45, 7) is 5.85. The first kappa shape index (κ1) is 10.3. The van der Waals surface area contributed by atoms with Gasteiger partial charge in [0.15, 0.2) is 0 Å². The molecule has 0 heterocycles. The summed E-state index contributed by atoms with van der Waals surface area (Å²) in [5.74, 6) is 0. The lowest BCUT2D eigenvalue weighted by Crippen LogP contribution is -2.22. The van der Waals surface area contributed by atoms with E-state index < -0.39 is 0 Å². The third kappa shape index (κ3) is 2.56. The first-order valence-corrected chi connectivity index (χ1v) is 4.88. The number of rotatable bonds is 4. The summed E-state index contributed by atoms with van der Waals surface area (Å²) in [4.78, 5) is 0. The SMILES string of the molecule is C=CC1(CC(O)CC)C=CC=CC1. The molecular formula is C12H18O. The minimum atomic E-state index is -0.214. The highest BCUT2D eigenvalue weighted by Crippen LogP contribution is 2.34. The normalized spacial score (nSPS) is 28.8. The van der Waals surface area contributed by atoms with Crippen molar-refractivity contribution in [1.29, 1.82) is 0 Å². The van der Waals surface area contributed by atoms with E-state index in [4.69, 9.17) is 0 Å². The molecule has 0 aromatic heterocycles. The van der Waals surface area contributed by atoms with Gasteiger partial charge in [-0.3, -0.25) is 0 Å². The second-order valence-corrected chi connectivity index (χ2v) is 3.69. The van der Waals surface area contributed by atoms with Crippen LogP contribution in [0, 0.1) is 5.41 Å². The molecule has 0 saturated carbocycles. The van der Waals surface area contributed by atoms with Crippen LogP contribution in [0.25, 0.3) is 0 Å². The summed E-state index contributed by atoms with van der Waals surface area (Å²) in [6, 6.07) is 0. The molecule has 1 nitrogen and oxygen atoms in total. The Morgan fingerprint density at radius 3 is 2.85 bits per heavy atom. The van der Waals surface area contributed by atoms with Crippen molar-refractivity contribution in [2.24, 2.45) is 5.41 Å². The highest BCUT2D eigenvalue weighted by Gasteiger charge is 2.25. The second kappa shape index (κ2) is 4.43. The molecule has 2 atom stereocenters. The van der Waals surface area contributed by atoms with Crippen LogP contribution in [0.3, 0.4) is 0 Å². The molecule has 0 aromatic rings. The Morgan fingerprint density at radius 1 is 1.62 bits per heavy atom. The number of hydrogen-bond acceptors (Lipinski definition) is 1. The number of aliphatic hydroxyl groups is 1. The van der Waals surface area contributed by atoms with Crippen LogP contribution < -0.4 is 0 Å². The first-order valence-electron chi connectivity index (χ1n) is 4.88. The number of allylic oxidation sites excluding steroid dienone is 5. The van der Waals surface area contributed by atoms with E-state index in [-0.39, 0.29) is 11.5 Å². The van der Waals surface area contributed by atoms with Crippen molar-refractivity contribution in [3.05, 3.63) is 37.0 Å². The van der Waals surface area contributed by atoms with E-state index in [0.717, 1.165) is 19.3 Å². The minimum Gasteiger partial charge on any atom is -0.393 e. The van der Waals surface area contributed by atoms with E-state index in [1.807, 2.05) is 25.2 Å². The van der Waals surface area contributed by atoms with Crippen LogP contribution in [0.4, 0.5) is 0 Å². The zero-order valence-electron chi connectivity index (χ0n) is 8.24. The lowest BCUT2D eigenvalue weighted by Gasteiger charge is -2.29. The van der Waals surface area contributed by atoms with Gasteiger partial charge >= 0.3 is 0 Å². The number of aliphatic hydroxyl groups excluding tert-OH is 1. The van der Waals surface area contributed by atoms with Crippen molar-refractivity contribution >= 4 is 0 Å². The van der Waals surface area contributed by atoms with Gasteiger partial charge in [-0.05, 0) is 19.3 Å². The second-order valence-electron chi connectivity index (χ2n) is 3.69. The van der Waals surface area contributed by atoms with E-state index >= 15 is 0 Å². The molecule has 0 bridgehead atoms. The molecule has 0 aromatic carbocycles. The predicted octanol–water partition coefficient (Wildman–Crippen LogP) is 2.84. The molecule has 72 valence electrons. The first-order chi connectivity index (χ1) is 6.22. The third-order valence-corrected chi connectivity index (χ3v) is 2.67. The Balaban J connectivity index is 2.65. The van der Waals surface area contributed by atoms with E-state index in [0.29, 0.717) is 0 Å². The van der Waals surface area contributed by atoms with Gasteiger partial charge in [0.2, 0.25) is 0 Å². The Bertz CT molecular complexity index is 227. The van der Waals surface area contributed by atoms with Crippen molar-refractivity contribution in [2.45, 2.75) is 32.3 Å². The lowest BCUT2D eigenvalue weighted by molar-refractivity contribution is 0.130. The van der Waals surface area contributed by atoms with Gasteiger partial charge < -0.3 is 5.11 Å². The van der Waals surface area contributed by atoms with Crippen molar-refractivity contribution < 1.29 is 5.11 Å². The van der Waals surface area contributed by atoms with Crippen LogP contribution in [0.1, 0.15) is 26.2 Å². The van der Waals surface area contributed by atoms with Crippen LogP contribution in [-0.4, -0.2) is 11.2 Å². The van der Waals surface area contributed by atoms with Crippen LogP contribution in [0.2, 0.25) is 0 Å². The molecule has 2 unspecified atom stereocenters. The van der Waals surface area contributed by atoms with Crippen molar-refractivity contribution in [3.8, 4) is 0 Å². The highest BCUT2D eigenvalue weighted by molar-refractivity contribution is 5.21. The molecule has 0 amide bonds. The molecule has 1 rings (SSSR count). The molecule has 0 spiro atoms. The Hall–Kier alpha value is -0.820. The van der Waals surface area contributed by atoms with Crippen LogP contribution in [0.15, 0.2) is 37.0 Å². The molecule has 1 N–H and O–H groups in total. The molecule has 0 aliphatic heterocycles. The fourth-order valence-electron chi connectivity index (χ4n) is 1.65. The molecule has 1 heteroatoms. The fraction of sp³-hybridized carbons (Fsp3) is 0.500. The van der Waals surface area contributed by atoms with Gasteiger partial charge in [-0.1, -0.05) is 37.3 Å². The van der Waals surface area contributed by atoms with E-state index in [1.54, 1.807) is 0 Å². The molecule has 1 aliphatic rings. The Kier molecular flexibility index (Phi) is 3.49. The maximum absolute atomic E-state index is 9.60. The Labute approximate surface area is 80.5 Å². The maximum Gasteiger partial charge on any atom is 0.0549 e. The monoisotopic (exact) mass is 178 g/mol. The van der Waals surface area contributed by atoms with Gasteiger partial charge in [0, 0.05) is 5.41 Å². The zero-order valence-corrected chi connectivity index (χ0v) is 8.24. The molecule has 0 fully saturated rings. The summed E-state index contributed by atoms with van der Waals surface area (Å²) >= 11 is 0. The lowest BCUT2D eigenvalue weighted by atomic mass is 9.77. The van der Waals surface area contributed by atoms with Gasteiger partial charge in [0.1, 0.15) is 0 Å². The van der Waals surface area contributed by atoms with Crippen LogP contribution >= 0.6 is 0 Å². The molecule has 0 radical (unpaired) electrons. The van der Waals surface area contributed by atoms with Crippen molar-refractivity contribution in [3.63, 3.8) is 0 Å². The van der Waals surface area contributed by atoms with Crippen LogP contribution in [-0.2, 0) is 0 Å². The Morgan fingerprint density at radius 2 is 2.38 bits per heavy atom. The van der Waals surface area contributed by atoms with Crippen molar-refractivity contribution in [2.75, 3.05) is 0 Å². The average molecular weight is 178 g/mol. The topological polar surface area (TPSA) is 20.2 Å². The van der Waals surface area contributed by atoms with E-state index in [9.17, 15) is 5.11 Å². The number of hydrogen-bond donors (Lipinski definition) is 1. The van der Waals surface area contributed by atoms with Gasteiger partial charge in [-0.15, -0.1) is 6.58 Å². The summed E-state index contributed by atoms with van der Waals surface area (Å²) < 4.78 is 0. The largest absolute Gasteiger partial charge is 0.393 e. The minimum absolute atomic E-state index is 0.00975. The van der Waals surface area contributed by atoms with Gasteiger partial charge in [0.25, 0.3) is 0 Å². The summed E-state index contributed by atoms with van der Waals surface area (Å²) in [5.41, 5.74) is -0.00975. The summed E-state index contributed by atoms with van der Waals surface area (Å²) in [6.07, 6.45) is 12.6. The highest BCUT2D eigenvalue weighted by atomic mass is 16.3. The van der Waals surface area contributed by atoms with E-state index in [1.165, 1.54) is 0 Å². The molecule has 1 aliphatic carbocycles. The van der Waals surface area contributed by atoms with Gasteiger partial charge in [-0.25, -0.2) is 0 Å². The maximum atomic E-state index is 9.60. The quantitative estimate of drug-likeness (QED) is 0.656. The van der Waals surface area contributed by atoms with Crippen LogP contribution in [0.5, 0.6) is 0 Å². The molecule has 13 heavy (non-hydrogen) atoms. The van der Waals surface area contributed by atoms with E-state index in [2.05, 4.69) is 18.7 Å². The fourth-order valence-corrected chi connectivity index (χ4v) is 1.65. The van der Waals surface area contributed by atoms with Gasteiger partial charge in [-0.2, -0.15) is 0 Å². The summed E-state index contributed by atoms with van der Waals surface area (Å²) in [7, 11) is 0.